The molecule has 0 aliphatic rings. The molecule has 40 heavy (non-hydrogen) atoms. The summed E-state index contributed by atoms with van der Waals surface area (Å²) in [6, 6.07) is 17.4. The lowest BCUT2D eigenvalue weighted by Crippen LogP contribution is -2.29. The molecule has 0 unspecified atom stereocenters. The number of carboxylic acid groups (broad SMARTS) is 2. The van der Waals surface area contributed by atoms with Gasteiger partial charge < -0.3 is 35.2 Å². The largest absolute Gasteiger partial charge is 0.506 e. The molecule has 13 heteroatoms. The lowest BCUT2D eigenvalue weighted by Gasteiger charge is -2.24. The maximum atomic E-state index is 11.7. The number of aliphatic hydroxyl groups excluding tert-OH is 1. The minimum atomic E-state index is -3.65. The Morgan fingerprint density at radius 1 is 0.825 bits per heavy atom. The molecule has 0 aliphatic carbocycles. The number of benzene rings is 3. The summed E-state index contributed by atoms with van der Waals surface area (Å²) in [6.07, 6.45) is 0.960. The van der Waals surface area contributed by atoms with Crippen molar-refractivity contribution in [2.45, 2.75) is 12.0 Å². The van der Waals surface area contributed by atoms with Gasteiger partial charge in [-0.1, -0.05) is 30.3 Å². The van der Waals surface area contributed by atoms with Crippen molar-refractivity contribution in [2.24, 2.45) is 0 Å². The van der Waals surface area contributed by atoms with Crippen LogP contribution in [0.25, 0.3) is 0 Å². The number of aromatic hydroxyl groups is 1. The van der Waals surface area contributed by atoms with Gasteiger partial charge in [0, 0.05) is 12.5 Å². The third-order valence-corrected chi connectivity index (χ3v) is 6.35. The van der Waals surface area contributed by atoms with Gasteiger partial charge in [-0.25, -0.2) is 18.0 Å². The summed E-state index contributed by atoms with van der Waals surface area (Å²) >= 11 is 0. The topological polar surface area (TPSA) is 192 Å². The van der Waals surface area contributed by atoms with Crippen molar-refractivity contribution >= 4 is 27.6 Å². The SMILES string of the molecule is CS(=O)(=O)Nc1cc([C@H](CO)NCC(c2ccc(OCC(=O)O)cc2)c2ccc(OCC(=O)O)cc2)ccc1O. The fourth-order valence-corrected chi connectivity index (χ4v) is 4.47. The van der Waals surface area contributed by atoms with Gasteiger partial charge in [-0.15, -0.1) is 0 Å². The summed E-state index contributed by atoms with van der Waals surface area (Å²) in [4.78, 5) is 21.6. The third-order valence-electron chi connectivity index (χ3n) is 5.76. The summed E-state index contributed by atoms with van der Waals surface area (Å²) in [7, 11) is -3.65. The Morgan fingerprint density at radius 2 is 1.30 bits per heavy atom. The van der Waals surface area contributed by atoms with Crippen LogP contribution in [0, 0.1) is 0 Å². The predicted octanol–water partition coefficient (Wildman–Crippen LogP) is 2.15. The van der Waals surface area contributed by atoms with E-state index in [4.69, 9.17) is 19.7 Å². The predicted molar refractivity (Wildman–Crippen MR) is 145 cm³/mol. The van der Waals surface area contributed by atoms with E-state index in [0.717, 1.165) is 17.4 Å². The van der Waals surface area contributed by atoms with Crippen LogP contribution in [0.3, 0.4) is 0 Å². The molecule has 0 saturated heterocycles. The number of rotatable bonds is 15. The average Bonchev–Trinajstić information content (AvgIpc) is 2.90. The van der Waals surface area contributed by atoms with Gasteiger partial charge in [-0.3, -0.25) is 4.72 Å². The Morgan fingerprint density at radius 3 is 1.73 bits per heavy atom. The van der Waals surface area contributed by atoms with Crippen molar-refractivity contribution < 1.29 is 47.9 Å². The van der Waals surface area contributed by atoms with Gasteiger partial charge >= 0.3 is 11.9 Å². The second kappa shape index (κ2) is 13.6. The monoisotopic (exact) mass is 574 g/mol. The van der Waals surface area contributed by atoms with Crippen LogP contribution in [-0.2, 0) is 19.6 Å². The van der Waals surface area contributed by atoms with E-state index in [2.05, 4.69) is 10.0 Å². The minimum Gasteiger partial charge on any atom is -0.506 e. The maximum absolute atomic E-state index is 11.7. The molecule has 3 aromatic carbocycles. The maximum Gasteiger partial charge on any atom is 0.341 e. The number of aliphatic hydroxyl groups is 1. The molecule has 1 atom stereocenters. The number of nitrogens with one attached hydrogen (secondary N) is 2. The number of carboxylic acids is 2. The molecule has 3 rings (SSSR count). The van der Waals surface area contributed by atoms with E-state index in [0.29, 0.717) is 23.6 Å². The van der Waals surface area contributed by atoms with Crippen molar-refractivity contribution in [1.29, 1.82) is 0 Å². The molecule has 214 valence electrons. The zero-order chi connectivity index (χ0) is 29.3. The normalized spacial score (nSPS) is 12.1. The lowest BCUT2D eigenvalue weighted by atomic mass is 9.90. The number of phenolic OH excluding ortho intramolecular Hbond substituents is 1. The first-order chi connectivity index (χ1) is 18.9. The number of carbonyl (C=O) groups is 2. The molecule has 12 nitrogen and oxygen atoms in total. The quantitative estimate of drug-likeness (QED) is 0.146. The fourth-order valence-electron chi connectivity index (χ4n) is 3.91. The molecule has 0 amide bonds. The highest BCUT2D eigenvalue weighted by Crippen LogP contribution is 2.30. The van der Waals surface area contributed by atoms with Gasteiger partial charge in [0.05, 0.1) is 24.6 Å². The molecule has 0 saturated carbocycles. The molecule has 6 N–H and O–H groups in total. The Bertz CT molecular complexity index is 1350. The van der Waals surface area contributed by atoms with Crippen LogP contribution in [0.15, 0.2) is 66.7 Å². The molecule has 3 aromatic rings. The van der Waals surface area contributed by atoms with Crippen LogP contribution >= 0.6 is 0 Å². The summed E-state index contributed by atoms with van der Waals surface area (Å²) in [6.45, 7) is -1.00. The number of sulfonamides is 1. The van der Waals surface area contributed by atoms with Gasteiger partial charge in [0.15, 0.2) is 13.2 Å². The Labute approximate surface area is 230 Å². The highest BCUT2D eigenvalue weighted by Gasteiger charge is 2.20. The van der Waals surface area contributed by atoms with E-state index in [1.54, 1.807) is 54.6 Å². The summed E-state index contributed by atoms with van der Waals surface area (Å²) in [5.41, 5.74) is 2.16. The first kappa shape index (κ1) is 30.2. The highest BCUT2D eigenvalue weighted by molar-refractivity contribution is 7.92. The van der Waals surface area contributed by atoms with Crippen LogP contribution in [0.2, 0.25) is 0 Å². The molecule has 0 spiro atoms. The van der Waals surface area contributed by atoms with E-state index in [1.807, 2.05) is 0 Å². The van der Waals surface area contributed by atoms with E-state index in [9.17, 15) is 28.2 Å². The van der Waals surface area contributed by atoms with Gasteiger partial charge in [0.2, 0.25) is 10.0 Å². The zero-order valence-corrected chi connectivity index (χ0v) is 22.3. The van der Waals surface area contributed by atoms with Crippen LogP contribution in [0.4, 0.5) is 5.69 Å². The van der Waals surface area contributed by atoms with E-state index < -0.39 is 41.2 Å². The molecular weight excluding hydrogens is 544 g/mol. The first-order valence-corrected chi connectivity index (χ1v) is 13.9. The van der Waals surface area contributed by atoms with Gasteiger partial charge in [-0.05, 0) is 53.1 Å². The molecule has 0 bridgehead atoms. The smallest absolute Gasteiger partial charge is 0.341 e. The molecule has 0 aromatic heterocycles. The number of hydrogen-bond acceptors (Lipinski definition) is 9. The van der Waals surface area contributed by atoms with Gasteiger partial charge in [0.25, 0.3) is 0 Å². The van der Waals surface area contributed by atoms with Crippen molar-refractivity contribution in [3.63, 3.8) is 0 Å². The first-order valence-electron chi connectivity index (χ1n) is 12.0. The summed E-state index contributed by atoms with van der Waals surface area (Å²) in [5, 5.41) is 41.1. The number of aliphatic carboxylic acids is 2. The van der Waals surface area contributed by atoms with Crippen LogP contribution in [0.1, 0.15) is 28.7 Å². The molecule has 0 radical (unpaired) electrons. The third kappa shape index (κ3) is 9.15. The lowest BCUT2D eigenvalue weighted by molar-refractivity contribution is -0.140. The number of ether oxygens (including phenoxy) is 2. The van der Waals surface area contributed by atoms with E-state index >= 15 is 0 Å². The fraction of sp³-hybridized carbons (Fsp3) is 0.259. The zero-order valence-electron chi connectivity index (χ0n) is 21.5. The van der Waals surface area contributed by atoms with Crippen LogP contribution < -0.4 is 19.5 Å². The van der Waals surface area contributed by atoms with Gasteiger partial charge in [-0.2, -0.15) is 0 Å². The second-order valence-electron chi connectivity index (χ2n) is 8.85. The number of phenols is 1. The summed E-state index contributed by atoms with van der Waals surface area (Å²) in [5.74, 6) is -2.01. The van der Waals surface area contributed by atoms with Crippen molar-refractivity contribution in [2.75, 3.05) is 37.3 Å². The molecule has 0 aliphatic heterocycles. The highest BCUT2D eigenvalue weighted by atomic mass is 32.2. The van der Waals surface area contributed by atoms with Crippen molar-refractivity contribution in [3.05, 3.63) is 83.4 Å². The summed E-state index contributed by atoms with van der Waals surface area (Å²) < 4.78 is 36.0. The Hall–Kier alpha value is -4.33. The van der Waals surface area contributed by atoms with E-state index in [-0.39, 0.29) is 24.0 Å². The molecular formula is C27H30N2O10S. The van der Waals surface area contributed by atoms with Crippen LogP contribution in [-0.4, -0.2) is 73.4 Å². The van der Waals surface area contributed by atoms with Crippen molar-refractivity contribution in [3.8, 4) is 17.2 Å². The van der Waals surface area contributed by atoms with E-state index in [1.165, 1.54) is 12.1 Å². The number of anilines is 1. The standard InChI is InChI=1S/C27H30N2O10S/c1-40(36,37)29-23-12-19(6-11-25(23)31)24(14-30)28-13-22(17-2-7-20(8-3-17)38-15-26(32)33)18-4-9-21(10-5-18)39-16-27(34)35/h2-12,22,24,28-31H,13-16H2,1H3,(H,32,33)(H,34,35)/t24-/m0/s1. The molecule has 0 fully saturated rings. The number of hydrogen-bond donors (Lipinski definition) is 6. The molecule has 0 heterocycles. The second-order valence-corrected chi connectivity index (χ2v) is 10.6. The Kier molecular flexibility index (Phi) is 10.3. The van der Waals surface area contributed by atoms with Gasteiger partial charge in [0.1, 0.15) is 17.2 Å². The minimum absolute atomic E-state index is 0.0225. The Balaban J connectivity index is 1.86. The van der Waals surface area contributed by atoms with Crippen molar-refractivity contribution in [1.82, 2.24) is 5.32 Å². The van der Waals surface area contributed by atoms with Crippen LogP contribution in [0.5, 0.6) is 17.2 Å². The average molecular weight is 575 g/mol.